The first-order valence-electron chi connectivity index (χ1n) is 8.65. The van der Waals surface area contributed by atoms with Crippen molar-refractivity contribution in [2.75, 3.05) is 32.7 Å². The molecule has 6 nitrogen and oxygen atoms in total. The van der Waals surface area contributed by atoms with Gasteiger partial charge in [-0.25, -0.2) is 0 Å². The fraction of sp³-hybridized carbons (Fsp3) is 0.706. The zero-order chi connectivity index (χ0) is 16.1. The van der Waals surface area contributed by atoms with E-state index in [0.29, 0.717) is 26.1 Å². The summed E-state index contributed by atoms with van der Waals surface area (Å²) in [6.07, 6.45) is 10.2. The number of hydrogen-bond donors (Lipinski definition) is 1. The van der Waals surface area contributed by atoms with Gasteiger partial charge in [0, 0.05) is 37.6 Å². The molecule has 2 saturated heterocycles. The van der Waals surface area contributed by atoms with Gasteiger partial charge in [0.2, 0.25) is 5.91 Å². The molecule has 23 heavy (non-hydrogen) atoms. The third-order valence-electron chi connectivity index (χ3n) is 4.90. The van der Waals surface area contributed by atoms with Gasteiger partial charge >= 0.3 is 0 Å². The zero-order valence-corrected chi connectivity index (χ0v) is 13.6. The average Bonchev–Trinajstić information content (AvgIpc) is 2.75. The van der Waals surface area contributed by atoms with Crippen LogP contribution in [0.3, 0.4) is 0 Å². The summed E-state index contributed by atoms with van der Waals surface area (Å²) in [5.74, 6) is 0.201. The molecular formula is C17H26N4O2. The summed E-state index contributed by atoms with van der Waals surface area (Å²) >= 11 is 0. The van der Waals surface area contributed by atoms with Crippen molar-refractivity contribution in [1.82, 2.24) is 19.8 Å². The first-order chi connectivity index (χ1) is 11.2. The lowest BCUT2D eigenvalue weighted by molar-refractivity contribution is -0.131. The quantitative estimate of drug-likeness (QED) is 0.886. The number of hydrogen-bond acceptors (Lipinski definition) is 5. The molecule has 1 aromatic heterocycles. The minimum Gasteiger partial charge on any atom is -0.391 e. The van der Waals surface area contributed by atoms with E-state index in [1.165, 1.54) is 25.7 Å². The Morgan fingerprint density at radius 1 is 1.17 bits per heavy atom. The Morgan fingerprint density at radius 3 is 2.65 bits per heavy atom. The van der Waals surface area contributed by atoms with Gasteiger partial charge in [-0.15, -0.1) is 0 Å². The second-order valence-electron chi connectivity index (χ2n) is 6.72. The Bertz CT molecular complexity index is 503. The fourth-order valence-electron chi connectivity index (χ4n) is 3.55. The minimum atomic E-state index is -0.468. The molecule has 2 aliphatic heterocycles. The molecular weight excluding hydrogens is 292 g/mol. The molecule has 0 saturated carbocycles. The van der Waals surface area contributed by atoms with Crippen LogP contribution in [-0.2, 0) is 11.2 Å². The summed E-state index contributed by atoms with van der Waals surface area (Å²) in [4.78, 5) is 24.9. The Balaban J connectivity index is 1.52. The lowest BCUT2D eigenvalue weighted by Gasteiger charge is -2.23. The average molecular weight is 318 g/mol. The van der Waals surface area contributed by atoms with Crippen LogP contribution in [0.25, 0.3) is 0 Å². The standard InChI is InChI=1S/C17H26N4O2/c22-16-12-21(11-14(16)9-15-10-18-5-6-19-15)17(23)13-20-7-3-1-2-4-8-20/h5-6,10,14,16,22H,1-4,7-9,11-13H2/t14-,16-/m1/s1. The molecule has 1 aromatic rings. The van der Waals surface area contributed by atoms with Crippen molar-refractivity contribution in [3.63, 3.8) is 0 Å². The number of rotatable bonds is 4. The SMILES string of the molecule is O=C(CN1CCCCCC1)N1C[C@@H](Cc2cnccn2)[C@H](O)C1. The van der Waals surface area contributed by atoms with E-state index in [0.717, 1.165) is 18.8 Å². The molecule has 126 valence electrons. The topological polar surface area (TPSA) is 69.6 Å². The molecule has 0 spiro atoms. The highest BCUT2D eigenvalue weighted by atomic mass is 16.3. The molecule has 0 radical (unpaired) electrons. The number of aliphatic hydroxyl groups is 1. The highest BCUT2D eigenvalue weighted by Gasteiger charge is 2.34. The predicted molar refractivity (Wildman–Crippen MR) is 86.7 cm³/mol. The van der Waals surface area contributed by atoms with Crippen LogP contribution in [0.1, 0.15) is 31.4 Å². The van der Waals surface area contributed by atoms with E-state index in [2.05, 4.69) is 14.9 Å². The highest BCUT2D eigenvalue weighted by Crippen LogP contribution is 2.21. The normalized spacial score (nSPS) is 26.2. The molecule has 0 aromatic carbocycles. The van der Waals surface area contributed by atoms with Gasteiger partial charge in [-0.05, 0) is 32.4 Å². The summed E-state index contributed by atoms with van der Waals surface area (Å²) < 4.78 is 0. The number of aliphatic hydroxyl groups excluding tert-OH is 1. The fourth-order valence-corrected chi connectivity index (χ4v) is 3.55. The lowest BCUT2D eigenvalue weighted by Crippen LogP contribution is -2.40. The third kappa shape index (κ3) is 4.48. The van der Waals surface area contributed by atoms with Crippen LogP contribution < -0.4 is 0 Å². The van der Waals surface area contributed by atoms with Gasteiger partial charge in [0.1, 0.15) is 0 Å². The maximum Gasteiger partial charge on any atom is 0.236 e. The van der Waals surface area contributed by atoms with Crippen molar-refractivity contribution < 1.29 is 9.90 Å². The maximum absolute atomic E-state index is 12.5. The van der Waals surface area contributed by atoms with Gasteiger partial charge in [0.05, 0.1) is 18.3 Å². The van der Waals surface area contributed by atoms with E-state index in [9.17, 15) is 9.90 Å². The second kappa shape index (κ2) is 7.84. The summed E-state index contributed by atoms with van der Waals surface area (Å²) in [5.41, 5.74) is 0.873. The number of amides is 1. The van der Waals surface area contributed by atoms with Crippen LogP contribution in [0.5, 0.6) is 0 Å². The van der Waals surface area contributed by atoms with Gasteiger partial charge in [-0.2, -0.15) is 0 Å². The van der Waals surface area contributed by atoms with Gasteiger partial charge in [0.25, 0.3) is 0 Å². The van der Waals surface area contributed by atoms with E-state index in [1.54, 1.807) is 18.6 Å². The Kier molecular flexibility index (Phi) is 5.56. The molecule has 6 heteroatoms. The van der Waals surface area contributed by atoms with Crippen LogP contribution >= 0.6 is 0 Å². The Labute approximate surface area is 137 Å². The smallest absolute Gasteiger partial charge is 0.236 e. The first-order valence-corrected chi connectivity index (χ1v) is 8.65. The molecule has 1 amide bonds. The largest absolute Gasteiger partial charge is 0.391 e. The molecule has 3 heterocycles. The van der Waals surface area contributed by atoms with Gasteiger partial charge in [0.15, 0.2) is 0 Å². The third-order valence-corrected chi connectivity index (χ3v) is 4.90. The predicted octanol–water partition coefficient (Wildman–Crippen LogP) is 0.714. The number of aromatic nitrogens is 2. The second-order valence-corrected chi connectivity index (χ2v) is 6.72. The lowest BCUT2D eigenvalue weighted by atomic mass is 10.0. The number of nitrogens with zero attached hydrogens (tertiary/aromatic N) is 4. The summed E-state index contributed by atoms with van der Waals surface area (Å²) in [7, 11) is 0. The zero-order valence-electron chi connectivity index (χ0n) is 13.6. The molecule has 2 fully saturated rings. The molecule has 1 N–H and O–H groups in total. The number of β-amino-alcohol motifs (C(OH)–C–C–N with tert-alkyl or cyclic N) is 1. The number of carbonyl (C=O) groups is 1. The van der Waals surface area contributed by atoms with Gasteiger partial charge in [-0.3, -0.25) is 19.7 Å². The van der Waals surface area contributed by atoms with E-state index in [1.807, 2.05) is 4.90 Å². The molecule has 2 atom stereocenters. The molecule has 0 unspecified atom stereocenters. The number of likely N-dealkylation sites (tertiary alicyclic amines) is 2. The van der Waals surface area contributed by atoms with Crippen LogP contribution in [0.15, 0.2) is 18.6 Å². The van der Waals surface area contributed by atoms with Crippen molar-refractivity contribution in [3.05, 3.63) is 24.3 Å². The van der Waals surface area contributed by atoms with E-state index in [-0.39, 0.29) is 11.8 Å². The molecule has 2 aliphatic rings. The maximum atomic E-state index is 12.5. The monoisotopic (exact) mass is 318 g/mol. The Morgan fingerprint density at radius 2 is 1.96 bits per heavy atom. The highest BCUT2D eigenvalue weighted by molar-refractivity contribution is 5.78. The van der Waals surface area contributed by atoms with E-state index < -0.39 is 6.10 Å². The van der Waals surface area contributed by atoms with Crippen molar-refractivity contribution in [3.8, 4) is 0 Å². The van der Waals surface area contributed by atoms with Crippen molar-refractivity contribution in [2.24, 2.45) is 5.92 Å². The van der Waals surface area contributed by atoms with Crippen LogP contribution in [-0.4, -0.2) is 69.6 Å². The summed E-state index contributed by atoms with van der Waals surface area (Å²) in [6, 6.07) is 0. The van der Waals surface area contributed by atoms with Crippen LogP contribution in [0, 0.1) is 5.92 Å². The minimum absolute atomic E-state index is 0.0554. The van der Waals surface area contributed by atoms with E-state index in [4.69, 9.17) is 0 Å². The molecule has 0 aliphatic carbocycles. The van der Waals surface area contributed by atoms with Crippen molar-refractivity contribution in [1.29, 1.82) is 0 Å². The van der Waals surface area contributed by atoms with Crippen LogP contribution in [0.4, 0.5) is 0 Å². The summed E-state index contributed by atoms with van der Waals surface area (Å²) in [5, 5.41) is 10.3. The molecule has 0 bridgehead atoms. The first kappa shape index (κ1) is 16.3. The van der Waals surface area contributed by atoms with E-state index >= 15 is 0 Å². The van der Waals surface area contributed by atoms with Crippen LogP contribution in [0.2, 0.25) is 0 Å². The van der Waals surface area contributed by atoms with Crippen molar-refractivity contribution >= 4 is 5.91 Å². The van der Waals surface area contributed by atoms with Gasteiger partial charge in [-0.1, -0.05) is 12.8 Å². The van der Waals surface area contributed by atoms with Gasteiger partial charge < -0.3 is 10.0 Å². The summed E-state index contributed by atoms with van der Waals surface area (Å²) in [6.45, 7) is 3.59. The number of carbonyl (C=O) groups excluding carboxylic acids is 1. The van der Waals surface area contributed by atoms with Crippen molar-refractivity contribution in [2.45, 2.75) is 38.2 Å². The Hall–Kier alpha value is -1.53. The molecule has 3 rings (SSSR count).